The molecule has 0 heterocycles. The number of nitrogens with zero attached hydrogens (tertiary/aromatic N) is 1. The summed E-state index contributed by atoms with van der Waals surface area (Å²) >= 11 is 4.47. The summed E-state index contributed by atoms with van der Waals surface area (Å²) in [6.07, 6.45) is 0. The van der Waals surface area contributed by atoms with Crippen molar-refractivity contribution in [2.45, 2.75) is 0 Å². The minimum absolute atomic E-state index is 0.981. The van der Waals surface area contributed by atoms with E-state index >= 15 is 0 Å². The van der Waals surface area contributed by atoms with Gasteiger partial charge >= 0.3 is 6.72 Å². The van der Waals surface area contributed by atoms with Crippen LogP contribution in [0.1, 0.15) is 0 Å². The minimum Gasteiger partial charge on any atom is -0.323 e. The molecule has 0 fully saturated rings. The standard InChI is InChI=1S/CHClNO2P/c2-6(4,5)1-3/h(H,4,5). The fraction of sp³-hybridized carbons (Fsp3) is 0. The second-order valence-corrected chi connectivity index (χ2v) is 3.18. The summed E-state index contributed by atoms with van der Waals surface area (Å²) in [6, 6.07) is 0. The highest BCUT2D eigenvalue weighted by Gasteiger charge is 2.07. The van der Waals surface area contributed by atoms with E-state index in [2.05, 4.69) is 11.2 Å². The van der Waals surface area contributed by atoms with E-state index in [0.717, 1.165) is 5.81 Å². The smallest absolute Gasteiger partial charge is 0.323 e. The van der Waals surface area contributed by atoms with Gasteiger partial charge in [0.05, 0.1) is 0 Å². The van der Waals surface area contributed by atoms with E-state index in [1.54, 1.807) is 0 Å². The van der Waals surface area contributed by atoms with Crippen LogP contribution < -0.4 is 0 Å². The van der Waals surface area contributed by atoms with Crippen LogP contribution in [0.4, 0.5) is 0 Å². The predicted octanol–water partition coefficient (Wildman–Crippen LogP) is 0.892. The lowest BCUT2D eigenvalue weighted by atomic mass is 11.8. The van der Waals surface area contributed by atoms with E-state index in [9.17, 15) is 4.57 Å². The molecule has 0 bridgehead atoms. The van der Waals surface area contributed by atoms with Crippen LogP contribution in [-0.2, 0) is 4.57 Å². The molecule has 1 unspecified atom stereocenters. The molecule has 6 heavy (non-hydrogen) atoms. The first-order valence-electron chi connectivity index (χ1n) is 0.999. The van der Waals surface area contributed by atoms with E-state index in [1.807, 2.05) is 0 Å². The number of hydrogen-bond acceptors (Lipinski definition) is 2. The molecule has 0 rings (SSSR count). The van der Waals surface area contributed by atoms with E-state index in [-0.39, 0.29) is 0 Å². The average molecular weight is 125 g/mol. The fourth-order valence-corrected chi connectivity index (χ4v) is 0. The van der Waals surface area contributed by atoms with E-state index in [4.69, 9.17) is 10.2 Å². The van der Waals surface area contributed by atoms with Crippen molar-refractivity contribution in [2.24, 2.45) is 0 Å². The molecule has 0 aromatic heterocycles. The quantitative estimate of drug-likeness (QED) is 0.489. The van der Waals surface area contributed by atoms with Gasteiger partial charge in [0.15, 0.2) is 5.81 Å². The number of hydrogen-bond donors (Lipinski definition) is 1. The van der Waals surface area contributed by atoms with Crippen LogP contribution >= 0.6 is 18.0 Å². The van der Waals surface area contributed by atoms with Gasteiger partial charge in [-0.15, -0.1) is 0 Å². The molecule has 1 N–H and O–H groups in total. The summed E-state index contributed by atoms with van der Waals surface area (Å²) in [5.41, 5.74) is 0. The Morgan fingerprint density at radius 3 is 2.17 bits per heavy atom. The van der Waals surface area contributed by atoms with Crippen molar-refractivity contribution in [3.05, 3.63) is 0 Å². The van der Waals surface area contributed by atoms with Crippen LogP contribution in [0.25, 0.3) is 0 Å². The Hall–Kier alpha value is -0.0300. The Kier molecular flexibility index (Phi) is 1.60. The van der Waals surface area contributed by atoms with E-state index in [0.29, 0.717) is 0 Å². The highest BCUT2D eigenvalue weighted by Crippen LogP contribution is 2.44. The first-order chi connectivity index (χ1) is 2.56. The van der Waals surface area contributed by atoms with Crippen LogP contribution in [0.3, 0.4) is 0 Å². The molecule has 1 atom stereocenters. The Bertz CT molecular complexity index is 120. The van der Waals surface area contributed by atoms with Gasteiger partial charge in [0.25, 0.3) is 0 Å². The zero-order valence-corrected chi connectivity index (χ0v) is 4.28. The Morgan fingerprint density at radius 2 is 2.17 bits per heavy atom. The second kappa shape index (κ2) is 1.61. The zero-order chi connectivity index (χ0) is 5.21. The third-order valence-electron chi connectivity index (χ3n) is 0.123. The van der Waals surface area contributed by atoms with Crippen molar-refractivity contribution in [1.29, 1.82) is 5.26 Å². The van der Waals surface area contributed by atoms with E-state index in [1.165, 1.54) is 0 Å². The monoisotopic (exact) mass is 125 g/mol. The lowest BCUT2D eigenvalue weighted by Gasteiger charge is -1.77. The highest BCUT2D eigenvalue weighted by molar-refractivity contribution is 7.88. The molecule has 0 aliphatic carbocycles. The summed E-state index contributed by atoms with van der Waals surface area (Å²) in [4.78, 5) is 7.79. The molecule has 0 aromatic carbocycles. The van der Waals surface area contributed by atoms with Crippen LogP contribution in [0, 0.1) is 11.1 Å². The van der Waals surface area contributed by atoms with Crippen molar-refractivity contribution >= 4 is 18.0 Å². The zero-order valence-electron chi connectivity index (χ0n) is 2.63. The van der Waals surface area contributed by atoms with Gasteiger partial charge in [0.1, 0.15) is 0 Å². The molecule has 0 radical (unpaired) electrons. The molecular weight excluding hydrogens is 124 g/mol. The molecule has 0 saturated heterocycles. The second-order valence-electron chi connectivity index (χ2n) is 0.602. The van der Waals surface area contributed by atoms with Gasteiger partial charge in [0.2, 0.25) is 0 Å². The third-order valence-corrected chi connectivity index (χ3v) is 0.597. The van der Waals surface area contributed by atoms with Gasteiger partial charge in [-0.1, -0.05) is 0 Å². The van der Waals surface area contributed by atoms with E-state index < -0.39 is 6.72 Å². The Labute approximate surface area is 39.4 Å². The predicted molar refractivity (Wildman–Crippen MR) is 21.3 cm³/mol. The normalized spacial score (nSPS) is 18.2. The number of halogens is 1. The van der Waals surface area contributed by atoms with Crippen LogP contribution in [-0.4, -0.2) is 4.89 Å². The van der Waals surface area contributed by atoms with Gasteiger partial charge in [-0.05, 0) is 11.2 Å². The van der Waals surface area contributed by atoms with Crippen LogP contribution in [0.15, 0.2) is 0 Å². The molecular formula is CHClNO2P. The summed E-state index contributed by atoms with van der Waals surface area (Å²) in [5.74, 6) is 0.981. The van der Waals surface area contributed by atoms with Gasteiger partial charge in [-0.3, -0.25) is 4.57 Å². The molecule has 0 aliphatic rings. The third kappa shape index (κ3) is 3.97. The van der Waals surface area contributed by atoms with Crippen molar-refractivity contribution in [1.82, 2.24) is 0 Å². The first kappa shape index (κ1) is 5.97. The summed E-state index contributed by atoms with van der Waals surface area (Å²) < 4.78 is 9.54. The molecule has 3 nitrogen and oxygen atoms in total. The number of rotatable bonds is 0. The Morgan fingerprint density at radius 1 is 2.00 bits per heavy atom. The fourth-order valence-electron chi connectivity index (χ4n) is 0. The van der Waals surface area contributed by atoms with Crippen molar-refractivity contribution in [3.63, 3.8) is 0 Å². The summed E-state index contributed by atoms with van der Waals surface area (Å²) in [6.45, 7) is -3.87. The first-order valence-corrected chi connectivity index (χ1v) is 3.56. The van der Waals surface area contributed by atoms with Gasteiger partial charge in [-0.2, -0.15) is 5.26 Å². The molecule has 0 aromatic rings. The molecule has 5 heteroatoms. The lowest BCUT2D eigenvalue weighted by molar-refractivity contribution is 0.507. The van der Waals surface area contributed by atoms with Gasteiger partial charge in [0, 0.05) is 0 Å². The Balaban J connectivity index is 3.94. The number of nitriles is 1. The molecule has 0 saturated carbocycles. The molecule has 0 amide bonds. The maximum atomic E-state index is 9.54. The molecule has 0 aliphatic heterocycles. The topological polar surface area (TPSA) is 61.1 Å². The molecule has 34 valence electrons. The summed E-state index contributed by atoms with van der Waals surface area (Å²) in [5, 5.41) is 7.51. The van der Waals surface area contributed by atoms with Crippen LogP contribution in [0.2, 0.25) is 0 Å². The van der Waals surface area contributed by atoms with Gasteiger partial charge in [-0.25, -0.2) is 0 Å². The van der Waals surface area contributed by atoms with Crippen molar-refractivity contribution < 1.29 is 9.46 Å². The highest BCUT2D eigenvalue weighted by atomic mass is 35.7. The maximum Gasteiger partial charge on any atom is 0.385 e. The van der Waals surface area contributed by atoms with Crippen molar-refractivity contribution in [3.8, 4) is 5.81 Å². The van der Waals surface area contributed by atoms with Crippen LogP contribution in [0.5, 0.6) is 0 Å². The lowest BCUT2D eigenvalue weighted by Crippen LogP contribution is -1.52. The van der Waals surface area contributed by atoms with Crippen molar-refractivity contribution in [2.75, 3.05) is 0 Å². The van der Waals surface area contributed by atoms with Gasteiger partial charge < -0.3 is 4.89 Å². The minimum atomic E-state index is -3.87. The SMILES string of the molecule is N#CP(=O)(O)Cl. The maximum absolute atomic E-state index is 9.54. The molecule has 0 spiro atoms. The summed E-state index contributed by atoms with van der Waals surface area (Å²) in [7, 11) is 0. The average Bonchev–Trinajstić information content (AvgIpc) is 1.35. The largest absolute Gasteiger partial charge is 0.385 e.